The molecule has 4 nitrogen and oxygen atoms in total. The maximum Gasteiger partial charge on any atom is -0.0159 e. The lowest BCUT2D eigenvalue weighted by molar-refractivity contribution is 0.568. The molecule has 8 heteroatoms. The van der Waals surface area contributed by atoms with Gasteiger partial charge < -0.3 is 10.8 Å². The third kappa shape index (κ3) is 51.6. The molecule has 22 heavy (non-hydrogen) atoms. The lowest BCUT2D eigenvalue weighted by Crippen LogP contribution is -1.47. The Bertz CT molecular complexity index is 336. The second-order valence-electron chi connectivity index (χ2n) is 2.49. The minimum atomic E-state index is 0. The highest BCUT2D eigenvalue weighted by atomic mass is 35.5. The van der Waals surface area contributed by atoms with Crippen LogP contribution in [0.15, 0.2) is 72.8 Å². The number of isocyanates is 2. The van der Waals surface area contributed by atoms with Crippen LogP contribution in [0.3, 0.4) is 0 Å². The van der Waals surface area contributed by atoms with E-state index in [1.165, 1.54) is 0 Å². The van der Waals surface area contributed by atoms with Crippen LogP contribution < -0.4 is 0 Å². The van der Waals surface area contributed by atoms with Crippen molar-refractivity contribution in [2.75, 3.05) is 0 Å². The van der Waals surface area contributed by atoms with Gasteiger partial charge in [0.2, 0.25) is 0 Å². The van der Waals surface area contributed by atoms with Crippen molar-refractivity contribution in [3.05, 3.63) is 83.6 Å². The van der Waals surface area contributed by atoms with Gasteiger partial charge in [0, 0.05) is 0 Å². The highest BCUT2D eigenvalue weighted by Gasteiger charge is 1.58. The first-order chi connectivity index (χ1) is 8.83. The second kappa shape index (κ2) is 42.7. The van der Waals surface area contributed by atoms with Gasteiger partial charge >= 0.3 is 0 Å². The van der Waals surface area contributed by atoms with Gasteiger partial charge in [-0.15, -0.1) is 49.6 Å². The topological polar surface area (TPSA) is 78.7 Å². The zero-order valence-corrected chi connectivity index (χ0v) is 14.5. The Hall–Kier alpha value is -1.64. The molecule has 0 atom stereocenters. The largest absolute Gasteiger partial charge is 0.724 e. The SMILES string of the molecule is Cl.Cl.Cl.Cl.[N-]=C=O.[N-]=C=O.c1ccccc1.c1ccccc1. The van der Waals surface area contributed by atoms with Crippen LogP contribution in [0.2, 0.25) is 0 Å². The Morgan fingerprint density at radius 3 is 0.500 bits per heavy atom. The van der Waals surface area contributed by atoms with Crippen LogP contribution in [0.25, 0.3) is 10.8 Å². The van der Waals surface area contributed by atoms with Gasteiger partial charge in [0.1, 0.15) is 0 Å². The first-order valence-corrected chi connectivity index (χ1v) is 4.86. The van der Waals surface area contributed by atoms with E-state index in [0.29, 0.717) is 12.2 Å². The zero-order valence-electron chi connectivity index (χ0n) is 11.3. The van der Waals surface area contributed by atoms with Gasteiger partial charge in [-0.25, -0.2) is 0 Å². The molecule has 2 rings (SSSR count). The third-order valence-electron chi connectivity index (χ3n) is 1.33. The van der Waals surface area contributed by atoms with Crippen molar-refractivity contribution in [1.82, 2.24) is 0 Å². The van der Waals surface area contributed by atoms with Crippen LogP contribution >= 0.6 is 49.6 Å². The van der Waals surface area contributed by atoms with Crippen LogP contribution in [0, 0.1) is 0 Å². The van der Waals surface area contributed by atoms with E-state index < -0.39 is 0 Å². The highest BCUT2D eigenvalue weighted by molar-refractivity contribution is 5.86. The molecule has 0 saturated carbocycles. The summed E-state index contributed by atoms with van der Waals surface area (Å²) in [6, 6.07) is 24.0. The van der Waals surface area contributed by atoms with E-state index in [9.17, 15) is 0 Å². The summed E-state index contributed by atoms with van der Waals surface area (Å²) in [6.45, 7) is 0. The van der Waals surface area contributed by atoms with Crippen LogP contribution in [0.5, 0.6) is 0 Å². The maximum atomic E-state index is 8.24. The Labute approximate surface area is 155 Å². The van der Waals surface area contributed by atoms with Gasteiger partial charge in [-0.05, 0) is 12.2 Å². The molecule has 0 amide bonds. The van der Waals surface area contributed by atoms with E-state index in [2.05, 4.69) is 0 Å². The van der Waals surface area contributed by atoms with Crippen LogP contribution in [0.4, 0.5) is 0 Å². The molecule has 0 saturated heterocycles. The predicted molar refractivity (Wildman–Crippen MR) is 100.0 cm³/mol. The average Bonchev–Trinajstić information content (AvgIpc) is 2.45. The minimum absolute atomic E-state index is 0. The molecule has 0 aliphatic carbocycles. The fourth-order valence-corrected chi connectivity index (χ4v) is 0.770. The first-order valence-electron chi connectivity index (χ1n) is 4.86. The zero-order chi connectivity index (χ0) is 13.9. The molecule has 0 bridgehead atoms. The number of rotatable bonds is 0. The van der Waals surface area contributed by atoms with Gasteiger partial charge in [-0.2, -0.15) is 0 Å². The van der Waals surface area contributed by atoms with Gasteiger partial charge in [0.25, 0.3) is 0 Å². The predicted octanol–water partition coefficient (Wildman–Crippen LogP) is 4.84. The number of halogens is 4. The Kier molecular flexibility index (Phi) is 71.9. The summed E-state index contributed by atoms with van der Waals surface area (Å²) >= 11 is 0. The summed E-state index contributed by atoms with van der Waals surface area (Å²) in [5.74, 6) is 0. The molecule has 2 aromatic carbocycles. The molecular formula is C14H16Cl4N2O2-2. The molecule has 0 aliphatic heterocycles. The number of hydrogen-bond acceptors (Lipinski definition) is 2. The van der Waals surface area contributed by atoms with E-state index in [4.69, 9.17) is 20.4 Å². The molecule has 0 aliphatic rings. The van der Waals surface area contributed by atoms with E-state index in [-0.39, 0.29) is 49.6 Å². The number of carbonyl (C=O) groups excluding carboxylic acids is 2. The normalized spacial score (nSPS) is 5.09. The van der Waals surface area contributed by atoms with Crippen molar-refractivity contribution in [3.8, 4) is 0 Å². The van der Waals surface area contributed by atoms with Crippen molar-refractivity contribution in [2.45, 2.75) is 0 Å². The maximum absolute atomic E-state index is 8.24. The molecular weight excluding hydrogens is 370 g/mol. The fourth-order valence-electron chi connectivity index (χ4n) is 0.770. The van der Waals surface area contributed by atoms with E-state index in [1.54, 1.807) is 0 Å². The summed E-state index contributed by atoms with van der Waals surface area (Å²) in [5, 5.41) is 13.5. The lowest BCUT2D eigenvalue weighted by atomic mass is 10.4. The molecule has 0 radical (unpaired) electrons. The summed E-state index contributed by atoms with van der Waals surface area (Å²) < 4.78 is 0. The Morgan fingerprint density at radius 2 is 0.455 bits per heavy atom. The van der Waals surface area contributed by atoms with Crippen LogP contribution in [0.1, 0.15) is 0 Å². The van der Waals surface area contributed by atoms with E-state index in [0.717, 1.165) is 0 Å². The van der Waals surface area contributed by atoms with Crippen molar-refractivity contribution in [2.24, 2.45) is 0 Å². The van der Waals surface area contributed by atoms with E-state index >= 15 is 0 Å². The summed E-state index contributed by atoms with van der Waals surface area (Å²) in [4.78, 5) is 16.5. The standard InChI is InChI=1S/2C6H6.2CNO.4ClH/c2*1-2-4-6-5-3-1;2*2-1-3;;;;/h2*1-6H;;;4*1H/q;;2*-1;;;;. The summed E-state index contributed by atoms with van der Waals surface area (Å²) in [7, 11) is 0. The van der Waals surface area contributed by atoms with Crippen molar-refractivity contribution < 1.29 is 9.59 Å². The Morgan fingerprint density at radius 1 is 0.409 bits per heavy atom. The second-order valence-corrected chi connectivity index (χ2v) is 2.49. The van der Waals surface area contributed by atoms with Crippen molar-refractivity contribution >= 4 is 61.8 Å². The summed E-state index contributed by atoms with van der Waals surface area (Å²) in [5.41, 5.74) is 0. The summed E-state index contributed by atoms with van der Waals surface area (Å²) in [6.07, 6.45) is 1.00. The van der Waals surface area contributed by atoms with Crippen molar-refractivity contribution in [3.63, 3.8) is 0 Å². The third-order valence-corrected chi connectivity index (χ3v) is 1.33. The monoisotopic (exact) mass is 384 g/mol. The molecule has 2 aromatic rings. The van der Waals surface area contributed by atoms with Crippen LogP contribution in [-0.2, 0) is 9.59 Å². The fraction of sp³-hybridized carbons (Fsp3) is 0. The average molecular weight is 386 g/mol. The Balaban J connectivity index is -0.0000000384. The number of benzene rings is 2. The molecule has 0 fully saturated rings. The van der Waals surface area contributed by atoms with Gasteiger partial charge in [-0.1, -0.05) is 72.8 Å². The lowest BCUT2D eigenvalue weighted by Gasteiger charge is -1.69. The molecule has 0 spiro atoms. The quantitative estimate of drug-likeness (QED) is 0.480. The molecule has 0 unspecified atom stereocenters. The minimum Gasteiger partial charge on any atom is -0.724 e. The van der Waals surface area contributed by atoms with Crippen LogP contribution in [-0.4, -0.2) is 12.2 Å². The smallest absolute Gasteiger partial charge is 0.0159 e. The van der Waals surface area contributed by atoms with Gasteiger partial charge in [0.05, 0.1) is 0 Å². The highest BCUT2D eigenvalue weighted by Crippen LogP contribution is 1.80. The molecule has 0 heterocycles. The van der Waals surface area contributed by atoms with E-state index in [1.807, 2.05) is 72.8 Å². The molecule has 124 valence electrons. The number of nitrogens with zero attached hydrogens (tertiary/aromatic N) is 2. The molecule has 0 N–H and O–H groups in total. The first kappa shape index (κ1) is 37.0. The van der Waals surface area contributed by atoms with Gasteiger partial charge in [-0.3, -0.25) is 9.59 Å². The van der Waals surface area contributed by atoms with Crippen molar-refractivity contribution in [1.29, 1.82) is 0 Å². The van der Waals surface area contributed by atoms with Gasteiger partial charge in [0.15, 0.2) is 0 Å². The number of hydrogen-bond donors (Lipinski definition) is 0. The molecule has 0 aromatic heterocycles.